The molecule has 1 aromatic rings. The van der Waals surface area contributed by atoms with Crippen LogP contribution in [-0.4, -0.2) is 22.1 Å². The highest BCUT2D eigenvalue weighted by Crippen LogP contribution is 2.53. The van der Waals surface area contributed by atoms with Gasteiger partial charge in [-0.3, -0.25) is 19.7 Å². The van der Waals surface area contributed by atoms with E-state index in [1.54, 1.807) is 12.1 Å². The molecule has 5 nitrogen and oxygen atoms in total. The third kappa shape index (κ3) is 3.25. The molecular formula is C15H14Cl2N2O3. The van der Waals surface area contributed by atoms with E-state index in [1.807, 2.05) is 12.1 Å². The van der Waals surface area contributed by atoms with Crippen molar-refractivity contribution in [2.75, 3.05) is 5.32 Å². The number of imide groups is 1. The number of anilines is 1. The van der Waals surface area contributed by atoms with E-state index in [0.717, 1.165) is 5.56 Å². The van der Waals surface area contributed by atoms with Gasteiger partial charge in [0.15, 0.2) is 0 Å². The molecule has 0 aromatic heterocycles. The summed E-state index contributed by atoms with van der Waals surface area (Å²) in [6.07, 6.45) is 1.19. The second kappa shape index (κ2) is 5.56. The van der Waals surface area contributed by atoms with Crippen LogP contribution in [0.3, 0.4) is 0 Å². The van der Waals surface area contributed by atoms with Crippen molar-refractivity contribution in [2.45, 2.75) is 23.6 Å². The van der Waals surface area contributed by atoms with Gasteiger partial charge in [0.1, 0.15) is 4.33 Å². The lowest BCUT2D eigenvalue weighted by Gasteiger charge is -2.08. The van der Waals surface area contributed by atoms with Crippen LogP contribution in [0, 0.1) is 11.8 Å². The van der Waals surface area contributed by atoms with Crippen molar-refractivity contribution >= 4 is 46.6 Å². The number of halogens is 2. The molecule has 7 heteroatoms. The number of hydrogen-bond acceptors (Lipinski definition) is 3. The number of carbonyl (C=O) groups excluding carboxylic acids is 3. The molecule has 2 aliphatic rings. The average Bonchev–Trinajstić information content (AvgIpc) is 2.97. The second-order valence-corrected chi connectivity index (χ2v) is 7.26. The molecule has 1 saturated heterocycles. The highest BCUT2D eigenvalue weighted by atomic mass is 35.5. The zero-order valence-corrected chi connectivity index (χ0v) is 13.1. The molecule has 1 saturated carbocycles. The number of nitrogens with one attached hydrogen (secondary N) is 2. The molecule has 0 bridgehead atoms. The summed E-state index contributed by atoms with van der Waals surface area (Å²) in [5.74, 6) is -1.33. The molecule has 2 atom stereocenters. The monoisotopic (exact) mass is 340 g/mol. The van der Waals surface area contributed by atoms with E-state index in [1.165, 1.54) is 0 Å². The summed E-state index contributed by atoms with van der Waals surface area (Å²) < 4.78 is -0.938. The molecule has 1 aliphatic carbocycles. The van der Waals surface area contributed by atoms with Crippen LogP contribution in [0.5, 0.6) is 0 Å². The van der Waals surface area contributed by atoms with E-state index in [4.69, 9.17) is 23.2 Å². The minimum absolute atomic E-state index is 0.196. The quantitative estimate of drug-likeness (QED) is 0.650. The smallest absolute Gasteiger partial charge is 0.230 e. The number of alkyl halides is 2. The maximum absolute atomic E-state index is 11.9. The molecule has 3 amide bonds. The second-order valence-electron chi connectivity index (χ2n) is 5.72. The van der Waals surface area contributed by atoms with Gasteiger partial charge >= 0.3 is 0 Å². The third-order valence-electron chi connectivity index (χ3n) is 3.91. The first-order valence-corrected chi connectivity index (χ1v) is 7.72. The lowest BCUT2D eigenvalue weighted by atomic mass is 9.98. The van der Waals surface area contributed by atoms with Crippen LogP contribution in [0.4, 0.5) is 5.69 Å². The fraction of sp³-hybridized carbons (Fsp3) is 0.400. The first kappa shape index (κ1) is 15.3. The summed E-state index contributed by atoms with van der Waals surface area (Å²) in [5.41, 5.74) is 1.58. The van der Waals surface area contributed by atoms with E-state index in [-0.39, 0.29) is 36.0 Å². The molecule has 2 fully saturated rings. The molecule has 116 valence electrons. The Morgan fingerprint density at radius 3 is 2.41 bits per heavy atom. The summed E-state index contributed by atoms with van der Waals surface area (Å²) in [4.78, 5) is 34.5. The fourth-order valence-electron chi connectivity index (χ4n) is 2.51. The zero-order chi connectivity index (χ0) is 15.9. The van der Waals surface area contributed by atoms with Gasteiger partial charge in [-0.1, -0.05) is 12.1 Å². The maximum atomic E-state index is 11.9. The minimum Gasteiger partial charge on any atom is -0.326 e. The van der Waals surface area contributed by atoms with Crippen LogP contribution in [0.15, 0.2) is 24.3 Å². The summed E-state index contributed by atoms with van der Waals surface area (Å²) in [7, 11) is 0. The predicted octanol–water partition coefficient (Wildman–Crippen LogP) is 2.02. The van der Waals surface area contributed by atoms with Crippen LogP contribution >= 0.6 is 23.2 Å². The Labute approximate surface area is 137 Å². The molecular weight excluding hydrogens is 327 g/mol. The molecule has 0 unspecified atom stereocenters. The molecule has 1 heterocycles. The predicted molar refractivity (Wildman–Crippen MR) is 82.6 cm³/mol. The van der Waals surface area contributed by atoms with Gasteiger partial charge in [-0.15, -0.1) is 23.2 Å². The number of carbonyl (C=O) groups is 3. The highest BCUT2D eigenvalue weighted by molar-refractivity contribution is 6.52. The Balaban J connectivity index is 1.57. The average molecular weight is 341 g/mol. The van der Waals surface area contributed by atoms with Gasteiger partial charge in [-0.2, -0.15) is 0 Å². The van der Waals surface area contributed by atoms with Crippen molar-refractivity contribution in [3.63, 3.8) is 0 Å². The van der Waals surface area contributed by atoms with Gasteiger partial charge in [-0.05, 0) is 30.5 Å². The van der Waals surface area contributed by atoms with Crippen molar-refractivity contribution in [1.29, 1.82) is 0 Å². The maximum Gasteiger partial charge on any atom is 0.230 e. The van der Waals surface area contributed by atoms with Crippen LogP contribution < -0.4 is 10.6 Å². The van der Waals surface area contributed by atoms with E-state index < -0.39 is 4.33 Å². The van der Waals surface area contributed by atoms with Crippen molar-refractivity contribution in [2.24, 2.45) is 11.8 Å². The molecule has 2 N–H and O–H groups in total. The summed E-state index contributed by atoms with van der Waals surface area (Å²) in [6.45, 7) is 0. The Hall–Kier alpha value is -1.59. The summed E-state index contributed by atoms with van der Waals surface area (Å²) in [6, 6.07) is 7.17. The van der Waals surface area contributed by atoms with E-state index in [2.05, 4.69) is 10.6 Å². The SMILES string of the molecule is O=C1C[C@@H](Cc2ccc(NC(=O)[C@H]3CC3(Cl)Cl)cc2)C(=O)N1. The molecule has 1 aromatic carbocycles. The Morgan fingerprint density at radius 1 is 1.27 bits per heavy atom. The van der Waals surface area contributed by atoms with Gasteiger partial charge in [0.05, 0.1) is 11.8 Å². The van der Waals surface area contributed by atoms with Gasteiger partial charge in [0, 0.05) is 12.1 Å². The lowest BCUT2D eigenvalue weighted by Crippen LogP contribution is -2.22. The van der Waals surface area contributed by atoms with Gasteiger partial charge in [-0.25, -0.2) is 0 Å². The minimum atomic E-state index is -0.938. The van der Waals surface area contributed by atoms with Crippen molar-refractivity contribution in [3.8, 4) is 0 Å². The molecule has 0 spiro atoms. The van der Waals surface area contributed by atoms with Crippen LogP contribution in [0.25, 0.3) is 0 Å². The van der Waals surface area contributed by atoms with Gasteiger partial charge < -0.3 is 5.32 Å². The molecule has 1 aliphatic heterocycles. The first-order chi connectivity index (χ1) is 10.3. The summed E-state index contributed by atoms with van der Waals surface area (Å²) in [5, 5.41) is 5.05. The van der Waals surface area contributed by atoms with E-state index in [0.29, 0.717) is 18.5 Å². The highest BCUT2D eigenvalue weighted by Gasteiger charge is 2.56. The standard InChI is InChI=1S/C15H14Cl2N2O3/c16-15(17)7-11(15)14(22)18-10-3-1-8(2-4-10)5-9-6-12(20)19-13(9)21/h1-4,9,11H,5-7H2,(H,18,22)(H,19,20,21)/t9-,11-/m1/s1. The fourth-order valence-corrected chi connectivity index (χ4v) is 3.01. The molecule has 0 radical (unpaired) electrons. The Morgan fingerprint density at radius 2 is 1.91 bits per heavy atom. The number of amides is 3. The topological polar surface area (TPSA) is 75.3 Å². The first-order valence-electron chi connectivity index (χ1n) is 6.96. The third-order valence-corrected chi connectivity index (χ3v) is 4.75. The number of benzene rings is 1. The van der Waals surface area contributed by atoms with Crippen molar-refractivity contribution < 1.29 is 14.4 Å². The largest absolute Gasteiger partial charge is 0.326 e. The van der Waals surface area contributed by atoms with E-state index >= 15 is 0 Å². The number of hydrogen-bond donors (Lipinski definition) is 2. The normalized spacial score (nSPS) is 25.7. The molecule has 22 heavy (non-hydrogen) atoms. The zero-order valence-electron chi connectivity index (χ0n) is 11.6. The van der Waals surface area contributed by atoms with Crippen LogP contribution in [0.1, 0.15) is 18.4 Å². The van der Waals surface area contributed by atoms with Crippen molar-refractivity contribution in [3.05, 3.63) is 29.8 Å². The van der Waals surface area contributed by atoms with Gasteiger partial charge in [0.25, 0.3) is 0 Å². The van der Waals surface area contributed by atoms with Crippen molar-refractivity contribution in [1.82, 2.24) is 5.32 Å². The number of rotatable bonds is 4. The van der Waals surface area contributed by atoms with Crippen LogP contribution in [-0.2, 0) is 20.8 Å². The van der Waals surface area contributed by atoms with Gasteiger partial charge in [0.2, 0.25) is 17.7 Å². The van der Waals surface area contributed by atoms with E-state index in [9.17, 15) is 14.4 Å². The Kier molecular flexibility index (Phi) is 3.87. The molecule has 3 rings (SSSR count). The van der Waals surface area contributed by atoms with Crippen LogP contribution in [0.2, 0.25) is 0 Å². The summed E-state index contributed by atoms with van der Waals surface area (Å²) >= 11 is 11.7. The Bertz CT molecular complexity index is 643. The lowest BCUT2D eigenvalue weighted by molar-refractivity contribution is -0.125.